The van der Waals surface area contributed by atoms with Gasteiger partial charge in [-0.2, -0.15) is 5.10 Å². The standard InChI is InChI=1S/C13H16N4OS/c1-9-5-15-17(6-9)11-3-4-16(7-11)13(18)12-10(2)14-8-19-12/h5-6,8,11H,3-4,7H2,1-2H3. The summed E-state index contributed by atoms with van der Waals surface area (Å²) in [5, 5.41) is 4.34. The molecule has 3 heterocycles. The number of hydrogen-bond acceptors (Lipinski definition) is 4. The Balaban J connectivity index is 1.72. The molecule has 0 spiro atoms. The van der Waals surface area contributed by atoms with Crippen molar-refractivity contribution in [3.8, 4) is 0 Å². The molecule has 2 aromatic rings. The van der Waals surface area contributed by atoms with Crippen molar-refractivity contribution < 1.29 is 4.79 Å². The number of carbonyl (C=O) groups excluding carboxylic acids is 1. The number of aryl methyl sites for hydroxylation is 2. The van der Waals surface area contributed by atoms with Crippen LogP contribution in [0.3, 0.4) is 0 Å². The maximum atomic E-state index is 12.4. The maximum absolute atomic E-state index is 12.4. The molecular weight excluding hydrogens is 260 g/mol. The number of aromatic nitrogens is 3. The van der Waals surface area contributed by atoms with Crippen molar-refractivity contribution in [2.45, 2.75) is 26.3 Å². The third-order valence-electron chi connectivity index (χ3n) is 3.50. The molecule has 1 saturated heterocycles. The van der Waals surface area contributed by atoms with E-state index in [1.54, 1.807) is 5.51 Å². The van der Waals surface area contributed by atoms with E-state index in [4.69, 9.17) is 0 Å². The lowest BCUT2D eigenvalue weighted by Gasteiger charge is -2.16. The molecule has 0 radical (unpaired) electrons. The zero-order chi connectivity index (χ0) is 13.4. The fourth-order valence-corrected chi connectivity index (χ4v) is 3.20. The van der Waals surface area contributed by atoms with Crippen LogP contribution in [0.2, 0.25) is 0 Å². The van der Waals surface area contributed by atoms with Crippen LogP contribution in [0.5, 0.6) is 0 Å². The second-order valence-electron chi connectivity index (χ2n) is 4.96. The molecule has 3 rings (SSSR count). The van der Waals surface area contributed by atoms with Crippen LogP contribution in [0, 0.1) is 13.8 Å². The fraction of sp³-hybridized carbons (Fsp3) is 0.462. The molecule has 1 amide bonds. The number of likely N-dealkylation sites (tertiary alicyclic amines) is 1. The number of thiazole rings is 1. The normalized spacial score (nSPS) is 19.1. The average molecular weight is 276 g/mol. The van der Waals surface area contributed by atoms with Gasteiger partial charge in [-0.25, -0.2) is 4.98 Å². The second-order valence-corrected chi connectivity index (χ2v) is 5.81. The van der Waals surface area contributed by atoms with Crippen molar-refractivity contribution >= 4 is 17.2 Å². The van der Waals surface area contributed by atoms with Crippen molar-refractivity contribution in [1.29, 1.82) is 0 Å². The molecule has 0 N–H and O–H groups in total. The summed E-state index contributed by atoms with van der Waals surface area (Å²) in [7, 11) is 0. The highest BCUT2D eigenvalue weighted by Crippen LogP contribution is 2.24. The summed E-state index contributed by atoms with van der Waals surface area (Å²) in [6.45, 7) is 5.44. The van der Waals surface area contributed by atoms with E-state index in [1.807, 2.05) is 35.8 Å². The van der Waals surface area contributed by atoms with Crippen LogP contribution in [-0.2, 0) is 0 Å². The first-order valence-corrected chi connectivity index (χ1v) is 7.23. The highest BCUT2D eigenvalue weighted by atomic mass is 32.1. The lowest BCUT2D eigenvalue weighted by atomic mass is 10.3. The Kier molecular flexibility index (Phi) is 3.10. The van der Waals surface area contributed by atoms with E-state index in [-0.39, 0.29) is 5.91 Å². The van der Waals surface area contributed by atoms with E-state index in [0.29, 0.717) is 6.04 Å². The van der Waals surface area contributed by atoms with E-state index in [9.17, 15) is 4.79 Å². The van der Waals surface area contributed by atoms with Gasteiger partial charge in [0.2, 0.25) is 0 Å². The highest BCUT2D eigenvalue weighted by molar-refractivity contribution is 7.11. The first-order chi connectivity index (χ1) is 9.15. The smallest absolute Gasteiger partial charge is 0.265 e. The number of hydrogen-bond donors (Lipinski definition) is 0. The minimum Gasteiger partial charge on any atom is -0.336 e. The van der Waals surface area contributed by atoms with Crippen molar-refractivity contribution in [1.82, 2.24) is 19.7 Å². The van der Waals surface area contributed by atoms with Crippen molar-refractivity contribution in [3.63, 3.8) is 0 Å². The number of rotatable bonds is 2. The van der Waals surface area contributed by atoms with Gasteiger partial charge in [0, 0.05) is 19.3 Å². The molecule has 19 heavy (non-hydrogen) atoms. The van der Waals surface area contributed by atoms with Crippen LogP contribution < -0.4 is 0 Å². The summed E-state index contributed by atoms with van der Waals surface area (Å²) >= 11 is 1.42. The van der Waals surface area contributed by atoms with Crippen LogP contribution in [-0.4, -0.2) is 38.7 Å². The monoisotopic (exact) mass is 276 g/mol. The van der Waals surface area contributed by atoms with E-state index >= 15 is 0 Å². The molecule has 0 saturated carbocycles. The molecule has 6 heteroatoms. The van der Waals surface area contributed by atoms with Gasteiger partial charge in [0.15, 0.2) is 0 Å². The third-order valence-corrected chi connectivity index (χ3v) is 4.41. The molecule has 0 aromatic carbocycles. The first kappa shape index (κ1) is 12.3. The Hall–Kier alpha value is -1.69. The van der Waals surface area contributed by atoms with E-state index in [0.717, 1.165) is 35.6 Å². The minimum absolute atomic E-state index is 0.103. The Bertz CT molecular complexity index is 603. The van der Waals surface area contributed by atoms with Gasteiger partial charge < -0.3 is 4.90 Å². The van der Waals surface area contributed by atoms with Gasteiger partial charge in [-0.05, 0) is 25.8 Å². The van der Waals surface area contributed by atoms with Gasteiger partial charge in [-0.1, -0.05) is 0 Å². The fourth-order valence-electron chi connectivity index (χ4n) is 2.43. The predicted molar refractivity (Wildman–Crippen MR) is 73.4 cm³/mol. The van der Waals surface area contributed by atoms with Gasteiger partial charge in [0.25, 0.3) is 5.91 Å². The SMILES string of the molecule is Cc1cnn(C2CCN(C(=O)c3scnc3C)C2)c1. The van der Waals surface area contributed by atoms with E-state index < -0.39 is 0 Å². The van der Waals surface area contributed by atoms with Crippen LogP contribution >= 0.6 is 11.3 Å². The summed E-state index contributed by atoms with van der Waals surface area (Å²) < 4.78 is 1.97. The Morgan fingerprint density at radius 3 is 2.95 bits per heavy atom. The molecular formula is C13H16N4OS. The van der Waals surface area contributed by atoms with Crippen molar-refractivity contribution in [2.24, 2.45) is 0 Å². The number of nitrogens with zero attached hydrogens (tertiary/aromatic N) is 4. The quantitative estimate of drug-likeness (QED) is 0.843. The molecule has 1 fully saturated rings. The molecule has 1 atom stereocenters. The summed E-state index contributed by atoms with van der Waals surface area (Å²) in [4.78, 5) is 19.2. The van der Waals surface area contributed by atoms with Gasteiger partial charge >= 0.3 is 0 Å². The maximum Gasteiger partial charge on any atom is 0.265 e. The molecule has 0 bridgehead atoms. The zero-order valence-electron chi connectivity index (χ0n) is 11.0. The molecule has 1 aliphatic heterocycles. The Morgan fingerprint density at radius 2 is 2.32 bits per heavy atom. The highest BCUT2D eigenvalue weighted by Gasteiger charge is 2.29. The third kappa shape index (κ3) is 2.28. The summed E-state index contributed by atoms with van der Waals surface area (Å²) in [6.07, 6.45) is 4.86. The van der Waals surface area contributed by atoms with Crippen LogP contribution in [0.25, 0.3) is 0 Å². The molecule has 5 nitrogen and oxygen atoms in total. The molecule has 2 aromatic heterocycles. The lowest BCUT2D eigenvalue weighted by molar-refractivity contribution is 0.0791. The Morgan fingerprint density at radius 1 is 1.47 bits per heavy atom. The predicted octanol–water partition coefficient (Wildman–Crippen LogP) is 2.04. The van der Waals surface area contributed by atoms with Gasteiger partial charge in [-0.3, -0.25) is 9.48 Å². The largest absolute Gasteiger partial charge is 0.336 e. The summed E-state index contributed by atoms with van der Waals surface area (Å²) in [5.74, 6) is 0.103. The van der Waals surface area contributed by atoms with Crippen LogP contribution in [0.15, 0.2) is 17.9 Å². The minimum atomic E-state index is 0.103. The summed E-state index contributed by atoms with van der Waals surface area (Å²) in [6, 6.07) is 0.297. The number of amides is 1. The van der Waals surface area contributed by atoms with Crippen molar-refractivity contribution in [2.75, 3.05) is 13.1 Å². The molecule has 0 aliphatic carbocycles. The number of carbonyl (C=O) groups is 1. The first-order valence-electron chi connectivity index (χ1n) is 6.35. The van der Waals surface area contributed by atoms with Crippen LogP contribution in [0.1, 0.15) is 33.4 Å². The van der Waals surface area contributed by atoms with Gasteiger partial charge in [-0.15, -0.1) is 11.3 Å². The van der Waals surface area contributed by atoms with Gasteiger partial charge in [0.05, 0.1) is 23.4 Å². The molecule has 1 unspecified atom stereocenters. The van der Waals surface area contributed by atoms with Crippen molar-refractivity contribution in [3.05, 3.63) is 34.0 Å². The Labute approximate surface area is 115 Å². The molecule has 100 valence electrons. The van der Waals surface area contributed by atoms with E-state index in [2.05, 4.69) is 10.1 Å². The average Bonchev–Trinajstić information content (AvgIpc) is 3.07. The second kappa shape index (κ2) is 4.77. The topological polar surface area (TPSA) is 51.0 Å². The van der Waals surface area contributed by atoms with Gasteiger partial charge in [0.1, 0.15) is 4.88 Å². The van der Waals surface area contributed by atoms with Crippen LogP contribution in [0.4, 0.5) is 0 Å². The molecule has 1 aliphatic rings. The summed E-state index contributed by atoms with van der Waals surface area (Å²) in [5.41, 5.74) is 3.71. The lowest BCUT2D eigenvalue weighted by Crippen LogP contribution is -2.29. The zero-order valence-corrected chi connectivity index (χ0v) is 11.9. The van der Waals surface area contributed by atoms with E-state index in [1.165, 1.54) is 11.3 Å².